The van der Waals surface area contributed by atoms with E-state index < -0.39 is 9.84 Å². The Morgan fingerprint density at radius 1 is 1.19 bits per heavy atom. The fraction of sp³-hybridized carbons (Fsp3) is 0.889. The SMILES string of the molecule is NC(=O)[C@H]1CCC[N+]12CCS(=O)(=O)CC2.[Cl-]. The molecule has 0 saturated carbocycles. The lowest BCUT2D eigenvalue weighted by atomic mass is 10.2. The standard InChI is InChI=1S/C9H16N2O3S.ClH/c10-9(12)8-2-1-3-11(8)4-6-15(13,14)7-5-11;/h8H,1-7H2,(H-,10,12);1H/t8-;/m1./s1. The molecule has 0 aromatic rings. The van der Waals surface area contributed by atoms with Crippen molar-refractivity contribution in [2.24, 2.45) is 5.73 Å². The molecule has 2 heterocycles. The van der Waals surface area contributed by atoms with Gasteiger partial charge in [0.25, 0.3) is 5.91 Å². The van der Waals surface area contributed by atoms with Crippen LogP contribution < -0.4 is 18.1 Å². The van der Waals surface area contributed by atoms with Crippen molar-refractivity contribution < 1.29 is 30.1 Å². The molecule has 0 bridgehead atoms. The van der Waals surface area contributed by atoms with E-state index in [9.17, 15) is 13.2 Å². The Morgan fingerprint density at radius 3 is 2.25 bits per heavy atom. The Hall–Kier alpha value is -0.330. The van der Waals surface area contributed by atoms with Gasteiger partial charge in [-0.2, -0.15) is 0 Å². The molecule has 1 spiro atoms. The Kier molecular flexibility index (Phi) is 3.87. The van der Waals surface area contributed by atoms with Crippen molar-refractivity contribution in [3.8, 4) is 0 Å². The van der Waals surface area contributed by atoms with Crippen LogP contribution in [0.4, 0.5) is 0 Å². The second-order valence-electron chi connectivity index (χ2n) is 4.60. The summed E-state index contributed by atoms with van der Waals surface area (Å²) in [6.07, 6.45) is 1.79. The van der Waals surface area contributed by atoms with Gasteiger partial charge >= 0.3 is 0 Å². The minimum atomic E-state index is -2.86. The second kappa shape index (κ2) is 4.50. The van der Waals surface area contributed by atoms with Crippen LogP contribution in [0.2, 0.25) is 0 Å². The first kappa shape index (κ1) is 13.7. The second-order valence-corrected chi connectivity index (χ2v) is 6.91. The van der Waals surface area contributed by atoms with Gasteiger partial charge in [-0.15, -0.1) is 0 Å². The topological polar surface area (TPSA) is 77.2 Å². The summed E-state index contributed by atoms with van der Waals surface area (Å²) in [5, 5.41) is 0. The summed E-state index contributed by atoms with van der Waals surface area (Å²) < 4.78 is 23.3. The number of rotatable bonds is 1. The summed E-state index contributed by atoms with van der Waals surface area (Å²) in [4.78, 5) is 11.3. The fourth-order valence-electron chi connectivity index (χ4n) is 2.83. The number of sulfone groups is 1. The number of carbonyl (C=O) groups is 1. The Labute approximate surface area is 102 Å². The molecule has 0 aromatic heterocycles. The maximum Gasteiger partial charge on any atom is 0.275 e. The predicted molar refractivity (Wildman–Crippen MR) is 55.7 cm³/mol. The molecule has 7 heteroatoms. The molecule has 16 heavy (non-hydrogen) atoms. The van der Waals surface area contributed by atoms with E-state index in [1.807, 2.05) is 0 Å². The summed E-state index contributed by atoms with van der Waals surface area (Å²) in [5.41, 5.74) is 5.37. The zero-order valence-electron chi connectivity index (χ0n) is 9.06. The molecule has 5 nitrogen and oxygen atoms in total. The Bertz CT molecular complexity index is 368. The third-order valence-corrected chi connectivity index (χ3v) is 5.37. The number of halogens is 1. The molecule has 2 aliphatic rings. The maximum absolute atomic E-state index is 11.3. The normalized spacial score (nSPS) is 30.9. The molecule has 2 fully saturated rings. The Morgan fingerprint density at radius 2 is 1.75 bits per heavy atom. The molecule has 0 unspecified atom stereocenters. The lowest BCUT2D eigenvalue weighted by molar-refractivity contribution is -0.927. The Balaban J connectivity index is 0.00000128. The highest BCUT2D eigenvalue weighted by molar-refractivity contribution is 7.91. The third kappa shape index (κ3) is 2.33. The minimum Gasteiger partial charge on any atom is -1.00 e. The van der Waals surface area contributed by atoms with Crippen LogP contribution in [0.25, 0.3) is 0 Å². The zero-order valence-corrected chi connectivity index (χ0v) is 10.6. The van der Waals surface area contributed by atoms with Gasteiger partial charge in [0.05, 0.1) is 31.1 Å². The molecular weight excluding hydrogens is 252 g/mol. The van der Waals surface area contributed by atoms with Crippen molar-refractivity contribution in [1.82, 2.24) is 0 Å². The van der Waals surface area contributed by atoms with Crippen molar-refractivity contribution in [3.63, 3.8) is 0 Å². The predicted octanol–water partition coefficient (Wildman–Crippen LogP) is -4.12. The van der Waals surface area contributed by atoms with Gasteiger partial charge in [-0.05, 0) is 0 Å². The molecule has 0 aliphatic carbocycles. The van der Waals surface area contributed by atoms with Gasteiger partial charge in [-0.1, -0.05) is 0 Å². The number of hydrogen-bond donors (Lipinski definition) is 1. The van der Waals surface area contributed by atoms with Crippen molar-refractivity contribution in [2.75, 3.05) is 31.1 Å². The maximum atomic E-state index is 11.3. The van der Waals surface area contributed by atoms with Gasteiger partial charge in [0.2, 0.25) is 0 Å². The fourth-order valence-corrected chi connectivity index (χ4v) is 4.32. The lowest BCUT2D eigenvalue weighted by Gasteiger charge is -2.41. The van der Waals surface area contributed by atoms with Crippen LogP contribution in [0.1, 0.15) is 12.8 Å². The number of amides is 1. The summed E-state index contributed by atoms with van der Waals surface area (Å²) in [5.74, 6) is 0.139. The van der Waals surface area contributed by atoms with E-state index in [1.165, 1.54) is 0 Å². The van der Waals surface area contributed by atoms with E-state index in [4.69, 9.17) is 5.73 Å². The van der Waals surface area contributed by atoms with Crippen molar-refractivity contribution in [1.29, 1.82) is 0 Å². The summed E-state index contributed by atoms with van der Waals surface area (Å²) in [6.45, 7) is 2.04. The smallest absolute Gasteiger partial charge is 0.275 e. The van der Waals surface area contributed by atoms with E-state index in [2.05, 4.69) is 0 Å². The van der Waals surface area contributed by atoms with E-state index in [-0.39, 0.29) is 35.9 Å². The number of hydrogen-bond acceptors (Lipinski definition) is 3. The van der Waals surface area contributed by atoms with E-state index >= 15 is 0 Å². The van der Waals surface area contributed by atoms with Crippen LogP contribution in [0.5, 0.6) is 0 Å². The van der Waals surface area contributed by atoms with E-state index in [0.717, 1.165) is 19.4 Å². The summed E-state index contributed by atoms with van der Waals surface area (Å²) in [6, 6.07) is -0.152. The first-order chi connectivity index (χ1) is 6.95. The number of carbonyl (C=O) groups excluding carboxylic acids is 1. The van der Waals surface area contributed by atoms with Crippen molar-refractivity contribution in [2.45, 2.75) is 18.9 Å². The van der Waals surface area contributed by atoms with Gasteiger partial charge in [-0.25, -0.2) is 8.42 Å². The van der Waals surface area contributed by atoms with Gasteiger partial charge in [0.15, 0.2) is 15.9 Å². The van der Waals surface area contributed by atoms with Crippen LogP contribution in [0.15, 0.2) is 0 Å². The van der Waals surface area contributed by atoms with E-state index in [1.54, 1.807) is 0 Å². The van der Waals surface area contributed by atoms with Gasteiger partial charge in [0.1, 0.15) is 0 Å². The first-order valence-electron chi connectivity index (χ1n) is 5.31. The monoisotopic (exact) mass is 268 g/mol. The van der Waals surface area contributed by atoms with Crippen molar-refractivity contribution >= 4 is 15.7 Å². The number of quaternary nitrogens is 1. The highest BCUT2D eigenvalue weighted by atomic mass is 35.5. The average Bonchev–Trinajstić information content (AvgIpc) is 2.55. The van der Waals surface area contributed by atoms with Crippen LogP contribution in [0.3, 0.4) is 0 Å². The lowest BCUT2D eigenvalue weighted by Crippen LogP contribution is -3.00. The number of nitrogens with zero attached hydrogens (tertiary/aromatic N) is 1. The number of primary amides is 1. The molecule has 2 saturated heterocycles. The largest absolute Gasteiger partial charge is 1.00 e. The first-order valence-corrected chi connectivity index (χ1v) is 7.13. The highest BCUT2D eigenvalue weighted by Crippen LogP contribution is 2.29. The molecule has 0 aromatic carbocycles. The molecule has 2 rings (SSSR count). The molecule has 1 atom stereocenters. The van der Waals surface area contributed by atoms with Crippen LogP contribution in [-0.2, 0) is 14.6 Å². The average molecular weight is 269 g/mol. The molecular formula is C9H17ClN2O3S. The van der Waals surface area contributed by atoms with Crippen molar-refractivity contribution in [3.05, 3.63) is 0 Å². The minimum absolute atomic E-state index is 0. The van der Waals surface area contributed by atoms with Crippen LogP contribution in [-0.4, -0.2) is 56.0 Å². The van der Waals surface area contributed by atoms with Gasteiger partial charge < -0.3 is 22.6 Å². The highest BCUT2D eigenvalue weighted by Gasteiger charge is 2.48. The molecule has 1 amide bonds. The quantitative estimate of drug-likeness (QED) is 0.491. The van der Waals surface area contributed by atoms with Crippen LogP contribution in [0, 0.1) is 0 Å². The van der Waals surface area contributed by atoms with Gasteiger partial charge in [-0.3, -0.25) is 4.79 Å². The molecule has 94 valence electrons. The summed E-state index contributed by atoms with van der Waals surface area (Å²) in [7, 11) is -2.86. The number of nitrogens with two attached hydrogens (primary N) is 1. The molecule has 2 N–H and O–H groups in total. The summed E-state index contributed by atoms with van der Waals surface area (Å²) >= 11 is 0. The molecule has 0 radical (unpaired) electrons. The van der Waals surface area contributed by atoms with Crippen LogP contribution >= 0.6 is 0 Å². The van der Waals surface area contributed by atoms with E-state index in [0.29, 0.717) is 17.6 Å². The third-order valence-electron chi connectivity index (χ3n) is 3.77. The molecule has 2 aliphatic heterocycles. The van der Waals surface area contributed by atoms with Gasteiger partial charge in [0, 0.05) is 12.8 Å². The zero-order chi connectivity index (χ0) is 11.1.